The normalized spacial score (nSPS) is 18.0. The summed E-state index contributed by atoms with van der Waals surface area (Å²) in [7, 11) is 0. The van der Waals surface area contributed by atoms with E-state index in [0.717, 1.165) is 51.0 Å². The highest BCUT2D eigenvalue weighted by Crippen LogP contribution is 2.19. The molecule has 0 atom stereocenters. The number of thiophene rings is 1. The van der Waals surface area contributed by atoms with Crippen LogP contribution >= 0.6 is 11.3 Å². The lowest BCUT2D eigenvalue weighted by Gasteiger charge is -2.33. The van der Waals surface area contributed by atoms with Gasteiger partial charge in [0.05, 0.1) is 6.54 Å². The number of hydrogen-bond acceptors (Lipinski definition) is 6. The highest BCUT2D eigenvalue weighted by Gasteiger charge is 2.23. The van der Waals surface area contributed by atoms with Crippen LogP contribution in [0.25, 0.3) is 0 Å². The average Bonchev–Trinajstić information content (AvgIpc) is 3.12. The quantitative estimate of drug-likeness (QED) is 0.867. The minimum atomic E-state index is -0.0546. The van der Waals surface area contributed by atoms with Gasteiger partial charge >= 0.3 is 0 Å². The number of aromatic nitrogens is 2. The molecule has 0 amide bonds. The molecule has 0 N–H and O–H groups in total. The molecule has 120 valence electrons. The topological polar surface area (TPSA) is 45.4 Å². The van der Waals surface area contributed by atoms with Gasteiger partial charge in [0.25, 0.3) is 0 Å². The van der Waals surface area contributed by atoms with Crippen LogP contribution in [-0.4, -0.2) is 46.1 Å². The third-order valence-electron chi connectivity index (χ3n) is 3.95. The molecule has 1 aliphatic rings. The lowest BCUT2D eigenvalue weighted by molar-refractivity contribution is 0.112. The number of nitrogens with zero attached hydrogens (tertiary/aromatic N) is 4. The number of hydrogen-bond donors (Lipinski definition) is 0. The Balaban J connectivity index is 1.48. The Labute approximate surface area is 135 Å². The van der Waals surface area contributed by atoms with Crippen LogP contribution in [0.1, 0.15) is 38.0 Å². The first kappa shape index (κ1) is 15.6. The van der Waals surface area contributed by atoms with Crippen molar-refractivity contribution in [3.63, 3.8) is 0 Å². The summed E-state index contributed by atoms with van der Waals surface area (Å²) in [5.74, 6) is 1.52. The van der Waals surface area contributed by atoms with Crippen LogP contribution in [0.3, 0.4) is 0 Å². The molecule has 1 aliphatic heterocycles. The van der Waals surface area contributed by atoms with E-state index in [9.17, 15) is 0 Å². The second kappa shape index (κ2) is 6.48. The molecule has 2 aromatic heterocycles. The van der Waals surface area contributed by atoms with Gasteiger partial charge in [0.1, 0.15) is 0 Å². The van der Waals surface area contributed by atoms with Gasteiger partial charge in [-0.15, -0.1) is 0 Å². The maximum absolute atomic E-state index is 5.39. The van der Waals surface area contributed by atoms with Crippen molar-refractivity contribution in [2.75, 3.05) is 26.2 Å². The Morgan fingerprint density at radius 1 is 1.14 bits per heavy atom. The largest absolute Gasteiger partial charge is 0.338 e. The standard InChI is InChI=1S/C16H24N4OS/c1-16(2,3)15-17-14(21-18-15)11-20-7-5-19(6-8-20)10-13-4-9-22-12-13/h4,9,12H,5-8,10-11H2,1-3H3. The van der Waals surface area contributed by atoms with Crippen molar-refractivity contribution in [1.82, 2.24) is 19.9 Å². The van der Waals surface area contributed by atoms with E-state index in [-0.39, 0.29) is 5.41 Å². The predicted molar refractivity (Wildman–Crippen MR) is 87.9 cm³/mol. The lowest BCUT2D eigenvalue weighted by Crippen LogP contribution is -2.45. The molecule has 0 saturated carbocycles. The summed E-state index contributed by atoms with van der Waals surface area (Å²) in [6.07, 6.45) is 0. The molecule has 0 spiro atoms. The molecule has 1 saturated heterocycles. The summed E-state index contributed by atoms with van der Waals surface area (Å²) < 4.78 is 5.39. The summed E-state index contributed by atoms with van der Waals surface area (Å²) in [5.41, 5.74) is 1.37. The van der Waals surface area contributed by atoms with Crippen molar-refractivity contribution in [2.45, 2.75) is 39.3 Å². The van der Waals surface area contributed by atoms with E-state index in [4.69, 9.17) is 4.52 Å². The monoisotopic (exact) mass is 320 g/mol. The molecule has 3 heterocycles. The van der Waals surface area contributed by atoms with Crippen molar-refractivity contribution >= 4 is 11.3 Å². The molecule has 5 nitrogen and oxygen atoms in total. The van der Waals surface area contributed by atoms with Crippen molar-refractivity contribution in [1.29, 1.82) is 0 Å². The van der Waals surface area contributed by atoms with Gasteiger partial charge in [-0.25, -0.2) is 0 Å². The molecule has 0 bridgehead atoms. The van der Waals surface area contributed by atoms with E-state index < -0.39 is 0 Å². The Morgan fingerprint density at radius 3 is 2.36 bits per heavy atom. The Bertz CT molecular complexity index is 580. The zero-order valence-corrected chi connectivity index (χ0v) is 14.4. The third kappa shape index (κ3) is 3.94. The number of rotatable bonds is 4. The zero-order valence-electron chi connectivity index (χ0n) is 13.6. The molecular formula is C16H24N4OS. The minimum Gasteiger partial charge on any atom is -0.338 e. The van der Waals surface area contributed by atoms with Crippen molar-refractivity contribution < 1.29 is 4.52 Å². The average molecular weight is 320 g/mol. The SMILES string of the molecule is CC(C)(C)c1noc(CN2CCN(Cc3ccsc3)CC2)n1. The fraction of sp³-hybridized carbons (Fsp3) is 0.625. The van der Waals surface area contributed by atoms with Crippen molar-refractivity contribution in [3.05, 3.63) is 34.1 Å². The summed E-state index contributed by atoms with van der Waals surface area (Å²) in [5, 5.41) is 8.48. The molecule has 6 heteroatoms. The smallest absolute Gasteiger partial charge is 0.240 e. The molecular weight excluding hydrogens is 296 g/mol. The molecule has 1 fully saturated rings. The molecule has 22 heavy (non-hydrogen) atoms. The van der Waals surface area contributed by atoms with Gasteiger partial charge in [0.15, 0.2) is 5.82 Å². The summed E-state index contributed by atoms with van der Waals surface area (Å²) in [6.45, 7) is 12.4. The van der Waals surface area contributed by atoms with Crippen molar-refractivity contribution in [2.24, 2.45) is 0 Å². The lowest BCUT2D eigenvalue weighted by atomic mass is 9.96. The van der Waals surface area contributed by atoms with E-state index in [0.29, 0.717) is 0 Å². The Kier molecular flexibility index (Phi) is 4.61. The van der Waals surface area contributed by atoms with Crippen LogP contribution in [0.4, 0.5) is 0 Å². The Morgan fingerprint density at radius 2 is 1.82 bits per heavy atom. The third-order valence-corrected chi connectivity index (χ3v) is 4.68. The van der Waals surface area contributed by atoms with Gasteiger partial charge in [0.2, 0.25) is 5.89 Å². The zero-order chi connectivity index (χ0) is 15.6. The van der Waals surface area contributed by atoms with E-state index in [1.807, 2.05) is 0 Å². The maximum atomic E-state index is 5.39. The Hall–Kier alpha value is -1.24. The first-order chi connectivity index (χ1) is 10.5. The van der Waals surface area contributed by atoms with Gasteiger partial charge in [0, 0.05) is 38.1 Å². The van der Waals surface area contributed by atoms with Crippen LogP contribution in [0.15, 0.2) is 21.3 Å². The first-order valence-electron chi connectivity index (χ1n) is 7.79. The fourth-order valence-corrected chi connectivity index (χ4v) is 3.22. The van der Waals surface area contributed by atoms with Crippen LogP contribution in [0, 0.1) is 0 Å². The fourth-order valence-electron chi connectivity index (χ4n) is 2.56. The van der Waals surface area contributed by atoms with Crippen molar-refractivity contribution in [3.8, 4) is 0 Å². The summed E-state index contributed by atoms with van der Waals surface area (Å²) >= 11 is 1.77. The van der Waals surface area contributed by atoms with Crippen LogP contribution in [0.2, 0.25) is 0 Å². The van der Waals surface area contributed by atoms with E-state index in [1.54, 1.807) is 11.3 Å². The molecule has 0 unspecified atom stereocenters. The second-order valence-corrected chi connectivity index (χ2v) is 7.73. The molecule has 0 radical (unpaired) electrons. The maximum Gasteiger partial charge on any atom is 0.240 e. The van der Waals surface area contributed by atoms with Crippen LogP contribution in [0.5, 0.6) is 0 Å². The number of piperazine rings is 1. The molecule has 3 rings (SSSR count). The first-order valence-corrected chi connectivity index (χ1v) is 8.74. The van der Waals surface area contributed by atoms with Gasteiger partial charge < -0.3 is 4.52 Å². The highest BCUT2D eigenvalue weighted by atomic mass is 32.1. The van der Waals surface area contributed by atoms with Crippen LogP contribution < -0.4 is 0 Å². The molecule has 0 aliphatic carbocycles. The predicted octanol–water partition coefficient (Wildman–Crippen LogP) is 2.75. The van der Waals surface area contributed by atoms with Gasteiger partial charge in [-0.2, -0.15) is 16.3 Å². The van der Waals surface area contributed by atoms with Crippen LogP contribution in [-0.2, 0) is 18.5 Å². The van der Waals surface area contributed by atoms with Gasteiger partial charge in [-0.05, 0) is 22.4 Å². The molecule has 0 aromatic carbocycles. The van der Waals surface area contributed by atoms with E-state index in [1.165, 1.54) is 5.56 Å². The van der Waals surface area contributed by atoms with E-state index >= 15 is 0 Å². The van der Waals surface area contributed by atoms with E-state index in [2.05, 4.69) is 57.5 Å². The second-order valence-electron chi connectivity index (χ2n) is 6.95. The van der Waals surface area contributed by atoms with Gasteiger partial charge in [-0.1, -0.05) is 25.9 Å². The summed E-state index contributed by atoms with van der Waals surface area (Å²) in [6, 6.07) is 2.21. The van der Waals surface area contributed by atoms with Gasteiger partial charge in [-0.3, -0.25) is 9.80 Å². The highest BCUT2D eigenvalue weighted by molar-refractivity contribution is 7.07. The minimum absolute atomic E-state index is 0.0546. The summed E-state index contributed by atoms with van der Waals surface area (Å²) in [4.78, 5) is 9.42. The molecule has 2 aromatic rings.